The third kappa shape index (κ3) is 5.60. The number of Topliss-reactive ketones (excluding diaryl/α,β-unsaturated/α-hetero) is 1. The molecule has 0 unspecified atom stereocenters. The van der Waals surface area contributed by atoms with Gasteiger partial charge < -0.3 is 9.90 Å². The highest BCUT2D eigenvalue weighted by Gasteiger charge is 2.19. The Balaban J connectivity index is 1.64. The van der Waals surface area contributed by atoms with Crippen LogP contribution in [0.25, 0.3) is 0 Å². The molecule has 3 rings (SSSR count). The Morgan fingerprint density at radius 1 is 1.00 bits per heavy atom. The zero-order chi connectivity index (χ0) is 19.2. The summed E-state index contributed by atoms with van der Waals surface area (Å²) in [6.07, 6.45) is 6.15. The molecule has 0 spiro atoms. The fraction of sp³-hybridized carbons (Fsp3) is 0.364. The highest BCUT2D eigenvalue weighted by Crippen LogP contribution is 2.33. The summed E-state index contributed by atoms with van der Waals surface area (Å²) >= 11 is 6.96. The first-order valence-electron chi connectivity index (χ1n) is 9.29. The number of thioether (sulfide) groups is 1. The lowest BCUT2D eigenvalue weighted by atomic mass is 9.84. The first kappa shape index (κ1) is 20.0. The Hall–Kier alpha value is -1.78. The highest BCUT2D eigenvalue weighted by atomic mass is 35.5. The van der Waals surface area contributed by atoms with Crippen molar-refractivity contribution < 1.29 is 14.7 Å². The number of benzene rings is 2. The molecule has 27 heavy (non-hydrogen) atoms. The minimum Gasteiger partial charge on any atom is -0.549 e. The van der Waals surface area contributed by atoms with Crippen molar-refractivity contribution in [2.75, 3.05) is 0 Å². The molecule has 3 nitrogen and oxygen atoms in total. The van der Waals surface area contributed by atoms with Crippen molar-refractivity contribution in [2.45, 2.75) is 54.6 Å². The molecule has 1 aliphatic carbocycles. The molecule has 0 amide bonds. The summed E-state index contributed by atoms with van der Waals surface area (Å²) in [6.45, 7) is 0. The van der Waals surface area contributed by atoms with Gasteiger partial charge in [0.05, 0.1) is 11.2 Å². The van der Waals surface area contributed by atoms with E-state index in [1.807, 2.05) is 24.3 Å². The van der Waals surface area contributed by atoms with Crippen LogP contribution in [0.4, 0.5) is 0 Å². The van der Waals surface area contributed by atoms with Crippen LogP contribution in [0.5, 0.6) is 0 Å². The van der Waals surface area contributed by atoms with Crippen molar-refractivity contribution in [1.29, 1.82) is 0 Å². The number of carboxylic acid groups (broad SMARTS) is 1. The van der Waals surface area contributed by atoms with Crippen molar-refractivity contribution in [3.05, 3.63) is 64.7 Å². The Morgan fingerprint density at radius 2 is 1.63 bits per heavy atom. The summed E-state index contributed by atoms with van der Waals surface area (Å²) in [5.74, 6) is -0.831. The van der Waals surface area contributed by atoms with Crippen LogP contribution in [0.2, 0.25) is 5.02 Å². The maximum atomic E-state index is 12.6. The van der Waals surface area contributed by atoms with Gasteiger partial charge in [-0.25, -0.2) is 0 Å². The molecule has 0 aliphatic heterocycles. The smallest absolute Gasteiger partial charge is 0.164 e. The molecule has 0 saturated heterocycles. The van der Waals surface area contributed by atoms with Gasteiger partial charge in [0.2, 0.25) is 0 Å². The molecule has 1 fully saturated rings. The average Bonchev–Trinajstić information content (AvgIpc) is 2.69. The van der Waals surface area contributed by atoms with Crippen LogP contribution in [0.1, 0.15) is 60.4 Å². The van der Waals surface area contributed by atoms with Crippen LogP contribution in [-0.4, -0.2) is 17.0 Å². The van der Waals surface area contributed by atoms with Gasteiger partial charge >= 0.3 is 0 Å². The van der Waals surface area contributed by atoms with E-state index < -0.39 is 11.2 Å². The van der Waals surface area contributed by atoms with E-state index in [-0.39, 0.29) is 12.2 Å². The van der Waals surface area contributed by atoms with Gasteiger partial charge in [0, 0.05) is 21.9 Å². The van der Waals surface area contributed by atoms with E-state index in [1.165, 1.54) is 37.7 Å². The number of hydrogen-bond donors (Lipinski definition) is 0. The van der Waals surface area contributed by atoms with Crippen molar-refractivity contribution in [1.82, 2.24) is 0 Å². The standard InChI is InChI=1S/C22H23ClO3S/c23-18-10-12-19(13-11-18)27-21(22(25)26)14-20(24)17-8-6-16(7-9-17)15-4-2-1-3-5-15/h6-13,15,21H,1-5,14H2,(H,25,26)/p-1/t21-/m0/s1. The first-order valence-corrected chi connectivity index (χ1v) is 10.5. The van der Waals surface area contributed by atoms with Gasteiger partial charge in [-0.2, -0.15) is 0 Å². The summed E-state index contributed by atoms with van der Waals surface area (Å²) in [4.78, 5) is 24.8. The van der Waals surface area contributed by atoms with Gasteiger partial charge in [-0.05, 0) is 48.6 Å². The molecule has 5 heteroatoms. The predicted molar refractivity (Wildman–Crippen MR) is 107 cm³/mol. The van der Waals surface area contributed by atoms with Crippen LogP contribution in [0, 0.1) is 0 Å². The van der Waals surface area contributed by atoms with Gasteiger partial charge in [0.1, 0.15) is 0 Å². The highest BCUT2D eigenvalue weighted by molar-refractivity contribution is 8.00. The molecule has 0 heterocycles. The lowest BCUT2D eigenvalue weighted by Crippen LogP contribution is -2.35. The monoisotopic (exact) mass is 401 g/mol. The summed E-state index contributed by atoms with van der Waals surface area (Å²) in [7, 11) is 0. The maximum Gasteiger partial charge on any atom is 0.164 e. The van der Waals surface area contributed by atoms with Crippen molar-refractivity contribution in [3.8, 4) is 0 Å². The largest absolute Gasteiger partial charge is 0.549 e. The molecule has 0 aromatic heterocycles. The molecular formula is C22H22ClO3S-. The Bertz CT molecular complexity index is 780. The second-order valence-corrected chi connectivity index (χ2v) is 8.68. The third-order valence-electron chi connectivity index (χ3n) is 5.03. The lowest BCUT2D eigenvalue weighted by Gasteiger charge is -2.22. The molecule has 1 atom stereocenters. The fourth-order valence-electron chi connectivity index (χ4n) is 3.51. The van der Waals surface area contributed by atoms with E-state index in [0.29, 0.717) is 16.5 Å². The van der Waals surface area contributed by atoms with Gasteiger partial charge in [-0.3, -0.25) is 4.79 Å². The van der Waals surface area contributed by atoms with E-state index in [4.69, 9.17) is 11.6 Å². The average molecular weight is 402 g/mol. The van der Waals surface area contributed by atoms with Crippen molar-refractivity contribution >= 4 is 35.1 Å². The summed E-state index contributed by atoms with van der Waals surface area (Å²) in [5.41, 5.74) is 1.83. The number of carbonyl (C=O) groups excluding carboxylic acids is 2. The molecular weight excluding hydrogens is 380 g/mol. The minimum atomic E-state index is -1.23. The second-order valence-electron chi connectivity index (χ2n) is 6.96. The SMILES string of the molecule is O=C(C[C@H](Sc1ccc(Cl)cc1)C(=O)[O-])c1ccc(C2CCCCC2)cc1. The van der Waals surface area contributed by atoms with Crippen LogP contribution in [0.15, 0.2) is 53.4 Å². The van der Waals surface area contributed by atoms with E-state index >= 15 is 0 Å². The topological polar surface area (TPSA) is 57.2 Å². The molecule has 2 aromatic carbocycles. The molecule has 2 aromatic rings. The van der Waals surface area contributed by atoms with E-state index in [1.54, 1.807) is 24.3 Å². The Morgan fingerprint density at radius 3 is 2.22 bits per heavy atom. The van der Waals surface area contributed by atoms with Crippen molar-refractivity contribution in [3.63, 3.8) is 0 Å². The summed E-state index contributed by atoms with van der Waals surface area (Å²) in [5, 5.41) is 11.1. The van der Waals surface area contributed by atoms with Gasteiger partial charge in [0.25, 0.3) is 0 Å². The predicted octanol–water partition coefficient (Wildman–Crippen LogP) is 4.87. The number of ketones is 1. The lowest BCUT2D eigenvalue weighted by molar-refractivity contribution is -0.304. The second kappa shape index (κ2) is 9.43. The number of rotatable bonds is 7. The maximum absolute atomic E-state index is 12.6. The Labute approximate surface area is 169 Å². The van der Waals surface area contributed by atoms with Crippen LogP contribution in [0.3, 0.4) is 0 Å². The zero-order valence-corrected chi connectivity index (χ0v) is 16.6. The quantitative estimate of drug-likeness (QED) is 0.490. The van der Waals surface area contributed by atoms with Gasteiger partial charge in [-0.15, -0.1) is 11.8 Å². The zero-order valence-electron chi connectivity index (χ0n) is 15.0. The molecule has 0 N–H and O–H groups in total. The number of carbonyl (C=O) groups is 2. The molecule has 0 bridgehead atoms. The molecule has 1 saturated carbocycles. The van der Waals surface area contributed by atoms with Crippen molar-refractivity contribution in [2.24, 2.45) is 0 Å². The van der Waals surface area contributed by atoms with Crippen LogP contribution >= 0.6 is 23.4 Å². The minimum absolute atomic E-state index is 0.0988. The molecule has 0 radical (unpaired) electrons. The first-order chi connectivity index (χ1) is 13.0. The number of aliphatic carboxylic acids is 1. The summed E-state index contributed by atoms with van der Waals surface area (Å²) in [6, 6.07) is 14.6. The third-order valence-corrected chi connectivity index (χ3v) is 6.47. The van der Waals surface area contributed by atoms with Crippen LogP contribution < -0.4 is 5.11 Å². The Kier molecular flexibility index (Phi) is 6.97. The number of halogens is 1. The van der Waals surface area contributed by atoms with Gasteiger partial charge in [-0.1, -0.05) is 55.1 Å². The molecule has 142 valence electrons. The van der Waals surface area contributed by atoms with Gasteiger partial charge in [0.15, 0.2) is 5.78 Å². The number of hydrogen-bond acceptors (Lipinski definition) is 4. The fourth-order valence-corrected chi connectivity index (χ4v) is 4.59. The van der Waals surface area contributed by atoms with E-state index in [9.17, 15) is 14.7 Å². The van der Waals surface area contributed by atoms with E-state index in [0.717, 1.165) is 16.7 Å². The number of carboxylic acids is 1. The van der Waals surface area contributed by atoms with Crippen LogP contribution in [-0.2, 0) is 4.79 Å². The van der Waals surface area contributed by atoms with E-state index in [2.05, 4.69) is 0 Å². The molecule has 1 aliphatic rings. The normalized spacial score (nSPS) is 16.0. The summed E-state index contributed by atoms with van der Waals surface area (Å²) < 4.78 is 0.